The molecule has 0 amide bonds. The molecule has 0 aliphatic carbocycles. The van der Waals surface area contributed by atoms with Crippen LogP contribution >= 0.6 is 15.9 Å². The standard InChI is InChI=1S/C19H16BrNO4/c1-23-15-6-4-5-12(8-15)19(22)14(11-21)7-13-9-17(24-2)18(25-3)10-16(13)20/h4-10H,1-3H3/b14-7+. The molecule has 0 spiro atoms. The highest BCUT2D eigenvalue weighted by atomic mass is 79.9. The molecule has 128 valence electrons. The van der Waals surface area contributed by atoms with Crippen molar-refractivity contribution in [3.63, 3.8) is 0 Å². The van der Waals surface area contributed by atoms with E-state index in [0.29, 0.717) is 32.8 Å². The molecule has 2 aromatic rings. The van der Waals surface area contributed by atoms with Crippen LogP contribution in [0.3, 0.4) is 0 Å². The van der Waals surface area contributed by atoms with Crippen molar-refractivity contribution in [2.75, 3.05) is 21.3 Å². The van der Waals surface area contributed by atoms with Gasteiger partial charge in [-0.15, -0.1) is 0 Å². The lowest BCUT2D eigenvalue weighted by atomic mass is 10.0. The number of nitriles is 1. The number of methoxy groups -OCH3 is 3. The predicted octanol–water partition coefficient (Wildman–Crippen LogP) is 4.26. The van der Waals surface area contributed by atoms with Gasteiger partial charge in [-0.3, -0.25) is 4.79 Å². The molecule has 25 heavy (non-hydrogen) atoms. The van der Waals surface area contributed by atoms with Crippen LogP contribution in [0.4, 0.5) is 0 Å². The third-order valence-electron chi connectivity index (χ3n) is 3.50. The second-order valence-corrected chi connectivity index (χ2v) is 5.81. The molecule has 0 aliphatic rings. The van der Waals surface area contributed by atoms with E-state index in [1.54, 1.807) is 36.4 Å². The van der Waals surface area contributed by atoms with E-state index in [0.717, 1.165) is 0 Å². The summed E-state index contributed by atoms with van der Waals surface area (Å²) >= 11 is 3.42. The average molecular weight is 402 g/mol. The monoisotopic (exact) mass is 401 g/mol. The second-order valence-electron chi connectivity index (χ2n) is 4.96. The Morgan fingerprint density at radius 1 is 1.08 bits per heavy atom. The van der Waals surface area contributed by atoms with Crippen molar-refractivity contribution in [1.82, 2.24) is 0 Å². The fourth-order valence-corrected chi connectivity index (χ4v) is 2.64. The first-order valence-electron chi connectivity index (χ1n) is 7.26. The molecule has 0 saturated heterocycles. The molecule has 5 nitrogen and oxygen atoms in total. The Hall–Kier alpha value is -2.78. The molecule has 0 fully saturated rings. The van der Waals surface area contributed by atoms with Crippen molar-refractivity contribution in [3.05, 3.63) is 57.6 Å². The van der Waals surface area contributed by atoms with Gasteiger partial charge in [0.05, 0.1) is 21.3 Å². The van der Waals surface area contributed by atoms with Crippen LogP contribution in [0.1, 0.15) is 15.9 Å². The Labute approximate surface area is 154 Å². The minimum absolute atomic E-state index is 0.00109. The number of hydrogen-bond acceptors (Lipinski definition) is 5. The lowest BCUT2D eigenvalue weighted by molar-refractivity contribution is 0.103. The Morgan fingerprint density at radius 3 is 2.36 bits per heavy atom. The lowest BCUT2D eigenvalue weighted by Gasteiger charge is -2.10. The summed E-state index contributed by atoms with van der Waals surface area (Å²) in [6, 6.07) is 12.0. The molecule has 0 atom stereocenters. The summed E-state index contributed by atoms with van der Waals surface area (Å²) in [5.74, 6) is 1.21. The number of allylic oxidation sites excluding steroid dienone is 1. The van der Waals surface area contributed by atoms with Crippen LogP contribution in [0.2, 0.25) is 0 Å². The fraction of sp³-hybridized carbons (Fsp3) is 0.158. The van der Waals surface area contributed by atoms with E-state index >= 15 is 0 Å². The largest absolute Gasteiger partial charge is 0.497 e. The zero-order valence-corrected chi connectivity index (χ0v) is 15.6. The van der Waals surface area contributed by atoms with Crippen LogP contribution in [-0.4, -0.2) is 27.1 Å². The Kier molecular flexibility index (Phi) is 6.20. The molecule has 0 bridgehead atoms. The van der Waals surface area contributed by atoms with Crippen LogP contribution in [0.25, 0.3) is 6.08 Å². The van der Waals surface area contributed by atoms with Gasteiger partial charge in [-0.25, -0.2) is 0 Å². The van der Waals surface area contributed by atoms with Gasteiger partial charge < -0.3 is 14.2 Å². The van der Waals surface area contributed by atoms with Crippen molar-refractivity contribution in [3.8, 4) is 23.3 Å². The van der Waals surface area contributed by atoms with Crippen LogP contribution in [0.15, 0.2) is 46.4 Å². The summed E-state index contributed by atoms with van der Waals surface area (Å²) in [5, 5.41) is 9.42. The van der Waals surface area contributed by atoms with Gasteiger partial charge >= 0.3 is 0 Å². The maximum absolute atomic E-state index is 12.6. The zero-order valence-electron chi connectivity index (χ0n) is 14.0. The number of benzene rings is 2. The molecule has 2 aromatic carbocycles. The summed E-state index contributed by atoms with van der Waals surface area (Å²) in [7, 11) is 4.57. The number of ether oxygens (including phenoxy) is 3. The molecule has 0 unspecified atom stereocenters. The molecule has 0 N–H and O–H groups in total. The Morgan fingerprint density at radius 2 is 1.76 bits per heavy atom. The highest BCUT2D eigenvalue weighted by molar-refractivity contribution is 9.10. The smallest absolute Gasteiger partial charge is 0.203 e. The van der Waals surface area contributed by atoms with Gasteiger partial charge in [0.15, 0.2) is 11.5 Å². The van der Waals surface area contributed by atoms with E-state index in [4.69, 9.17) is 14.2 Å². The minimum Gasteiger partial charge on any atom is -0.497 e. The molecule has 6 heteroatoms. The number of halogens is 1. The SMILES string of the molecule is COc1cccc(C(=O)/C(C#N)=C/c2cc(OC)c(OC)cc2Br)c1. The van der Waals surface area contributed by atoms with E-state index in [-0.39, 0.29) is 11.4 Å². The van der Waals surface area contributed by atoms with Crippen molar-refractivity contribution < 1.29 is 19.0 Å². The second kappa shape index (κ2) is 8.36. The van der Waals surface area contributed by atoms with Gasteiger partial charge in [0.25, 0.3) is 0 Å². The van der Waals surface area contributed by atoms with Crippen LogP contribution < -0.4 is 14.2 Å². The van der Waals surface area contributed by atoms with E-state index in [9.17, 15) is 10.1 Å². The van der Waals surface area contributed by atoms with E-state index in [1.807, 2.05) is 6.07 Å². The van der Waals surface area contributed by atoms with Gasteiger partial charge in [0, 0.05) is 10.0 Å². The highest BCUT2D eigenvalue weighted by Crippen LogP contribution is 2.34. The van der Waals surface area contributed by atoms with Gasteiger partial charge in [-0.2, -0.15) is 5.26 Å². The van der Waals surface area contributed by atoms with E-state index in [1.165, 1.54) is 27.4 Å². The van der Waals surface area contributed by atoms with Crippen LogP contribution in [0.5, 0.6) is 17.2 Å². The summed E-state index contributed by atoms with van der Waals surface area (Å²) < 4.78 is 16.3. The summed E-state index contributed by atoms with van der Waals surface area (Å²) in [4.78, 5) is 12.6. The van der Waals surface area contributed by atoms with Crippen molar-refractivity contribution in [1.29, 1.82) is 5.26 Å². The normalized spacial score (nSPS) is 10.8. The highest BCUT2D eigenvalue weighted by Gasteiger charge is 2.15. The number of carbonyl (C=O) groups excluding carboxylic acids is 1. The lowest BCUT2D eigenvalue weighted by Crippen LogP contribution is -2.02. The third-order valence-corrected chi connectivity index (χ3v) is 4.19. The van der Waals surface area contributed by atoms with Gasteiger partial charge in [-0.05, 0) is 35.9 Å². The first-order chi connectivity index (χ1) is 12.0. The van der Waals surface area contributed by atoms with Gasteiger partial charge in [0.1, 0.15) is 17.4 Å². The van der Waals surface area contributed by atoms with E-state index in [2.05, 4.69) is 15.9 Å². The third kappa shape index (κ3) is 4.20. The van der Waals surface area contributed by atoms with Crippen LogP contribution in [-0.2, 0) is 0 Å². The molecule has 0 aliphatic heterocycles. The molecular weight excluding hydrogens is 386 g/mol. The van der Waals surface area contributed by atoms with Crippen molar-refractivity contribution in [2.24, 2.45) is 0 Å². The predicted molar refractivity (Wildman–Crippen MR) is 98.2 cm³/mol. The number of carbonyl (C=O) groups is 1. The van der Waals surface area contributed by atoms with Gasteiger partial charge in [-0.1, -0.05) is 28.1 Å². The number of Topliss-reactive ketones (excluding diaryl/α,β-unsaturated/α-hetero) is 1. The van der Waals surface area contributed by atoms with Crippen LogP contribution in [0, 0.1) is 11.3 Å². The molecule has 0 aromatic heterocycles. The molecule has 0 saturated carbocycles. The first-order valence-corrected chi connectivity index (χ1v) is 8.05. The molecular formula is C19H16BrNO4. The number of nitrogens with zero attached hydrogens (tertiary/aromatic N) is 1. The zero-order chi connectivity index (χ0) is 18.4. The summed E-state index contributed by atoms with van der Waals surface area (Å²) in [6.45, 7) is 0. The number of rotatable bonds is 6. The summed E-state index contributed by atoms with van der Waals surface area (Å²) in [5.41, 5.74) is 1.01. The van der Waals surface area contributed by atoms with Gasteiger partial charge in [0.2, 0.25) is 5.78 Å². The maximum Gasteiger partial charge on any atom is 0.203 e. The maximum atomic E-state index is 12.6. The molecule has 0 heterocycles. The topological polar surface area (TPSA) is 68.6 Å². The minimum atomic E-state index is -0.386. The quantitative estimate of drug-likeness (QED) is 0.410. The Balaban J connectivity index is 2.46. The van der Waals surface area contributed by atoms with Crippen molar-refractivity contribution >= 4 is 27.8 Å². The number of hydrogen-bond donors (Lipinski definition) is 0. The first kappa shape index (κ1) is 18.6. The van der Waals surface area contributed by atoms with E-state index < -0.39 is 0 Å². The van der Waals surface area contributed by atoms with Crippen molar-refractivity contribution in [2.45, 2.75) is 0 Å². The fourth-order valence-electron chi connectivity index (χ4n) is 2.20. The number of ketones is 1. The summed E-state index contributed by atoms with van der Waals surface area (Å²) in [6.07, 6.45) is 1.51. The molecule has 2 rings (SSSR count). The average Bonchev–Trinajstić information content (AvgIpc) is 2.66. The Bertz CT molecular complexity index is 868. The molecule has 0 radical (unpaired) electrons.